The largest absolute Gasteiger partial charge is 0.278 e. The molecule has 4 heteroatoms. The van der Waals surface area contributed by atoms with Gasteiger partial charge in [-0.2, -0.15) is 0 Å². The Hall–Kier alpha value is -4.05. The van der Waals surface area contributed by atoms with Crippen molar-refractivity contribution in [3.8, 4) is 17.1 Å². The number of benzene rings is 4. The van der Waals surface area contributed by atoms with Crippen molar-refractivity contribution < 1.29 is 0 Å². The molecule has 2 aromatic heterocycles. The first kappa shape index (κ1) is 17.6. The van der Waals surface area contributed by atoms with E-state index in [0.29, 0.717) is 5.95 Å². The number of rotatable bonds is 1. The highest BCUT2D eigenvalue weighted by atomic mass is 15.2. The van der Waals surface area contributed by atoms with E-state index >= 15 is 0 Å². The van der Waals surface area contributed by atoms with Crippen LogP contribution < -0.4 is 0 Å². The van der Waals surface area contributed by atoms with Gasteiger partial charge in [-0.3, -0.25) is 4.57 Å². The highest BCUT2D eigenvalue weighted by molar-refractivity contribution is 6.14. The zero-order chi connectivity index (χ0) is 21.4. The molecule has 0 spiro atoms. The number of hydrogen-bond donors (Lipinski definition) is 0. The molecule has 1 aliphatic carbocycles. The third kappa shape index (κ3) is 2.19. The van der Waals surface area contributed by atoms with Crippen molar-refractivity contribution in [1.29, 1.82) is 0 Å². The predicted molar refractivity (Wildman–Crippen MR) is 129 cm³/mol. The number of para-hydroxylation sites is 1. The minimum atomic E-state index is -0.00600. The maximum Gasteiger partial charge on any atom is 0.237 e. The molecule has 152 valence electrons. The van der Waals surface area contributed by atoms with Crippen LogP contribution in [-0.2, 0) is 5.41 Å². The second kappa shape index (κ2) is 6.01. The number of aromatic nitrogens is 4. The molecule has 0 radical (unpaired) electrons. The lowest BCUT2D eigenvalue weighted by atomic mass is 9.82. The summed E-state index contributed by atoms with van der Waals surface area (Å²) in [5.74, 6) is 0.637. The van der Waals surface area contributed by atoms with Crippen LogP contribution in [0.3, 0.4) is 0 Å². The van der Waals surface area contributed by atoms with Gasteiger partial charge in [0.05, 0.1) is 11.0 Å². The Morgan fingerprint density at radius 1 is 0.656 bits per heavy atom. The molecule has 32 heavy (non-hydrogen) atoms. The van der Waals surface area contributed by atoms with Gasteiger partial charge in [0.1, 0.15) is 12.7 Å². The second-order valence-corrected chi connectivity index (χ2v) is 9.08. The SMILES string of the molecule is CC1(C)c2ccccc2-c2cc3cc4c(cc3cc21)c1ccccc1n4-c1ncncn1. The Bertz CT molecular complexity index is 1690. The van der Waals surface area contributed by atoms with Crippen molar-refractivity contribution in [1.82, 2.24) is 19.5 Å². The molecule has 0 fully saturated rings. The minimum absolute atomic E-state index is 0.00600. The van der Waals surface area contributed by atoms with Gasteiger partial charge in [-0.1, -0.05) is 56.3 Å². The number of hydrogen-bond acceptors (Lipinski definition) is 3. The van der Waals surface area contributed by atoms with Crippen molar-refractivity contribution in [3.05, 3.63) is 96.6 Å². The average Bonchev–Trinajstić information content (AvgIpc) is 3.26. The van der Waals surface area contributed by atoms with Crippen LogP contribution in [0.5, 0.6) is 0 Å². The molecule has 0 saturated heterocycles. The summed E-state index contributed by atoms with van der Waals surface area (Å²) in [6, 6.07) is 26.6. The maximum absolute atomic E-state index is 4.45. The molecule has 0 unspecified atom stereocenters. The molecule has 0 N–H and O–H groups in total. The molecule has 0 bridgehead atoms. The Morgan fingerprint density at radius 2 is 1.41 bits per heavy atom. The van der Waals surface area contributed by atoms with Crippen molar-refractivity contribution >= 4 is 32.6 Å². The average molecular weight is 412 g/mol. The van der Waals surface area contributed by atoms with Gasteiger partial charge < -0.3 is 0 Å². The number of nitrogens with zero attached hydrogens (tertiary/aromatic N) is 4. The van der Waals surface area contributed by atoms with E-state index in [1.807, 2.05) is 0 Å². The van der Waals surface area contributed by atoms with Crippen LogP contribution in [0.15, 0.2) is 85.5 Å². The van der Waals surface area contributed by atoms with Crippen molar-refractivity contribution in [3.63, 3.8) is 0 Å². The lowest BCUT2D eigenvalue weighted by molar-refractivity contribution is 0.661. The van der Waals surface area contributed by atoms with Gasteiger partial charge in [-0.15, -0.1) is 0 Å². The number of fused-ring (bicyclic) bond motifs is 7. The molecular formula is C28H20N4. The van der Waals surface area contributed by atoms with Crippen LogP contribution in [-0.4, -0.2) is 19.5 Å². The predicted octanol–water partition coefficient (Wildman–Crippen LogP) is 6.43. The summed E-state index contributed by atoms with van der Waals surface area (Å²) in [6.45, 7) is 4.66. The molecule has 2 heterocycles. The first-order valence-corrected chi connectivity index (χ1v) is 10.9. The van der Waals surface area contributed by atoms with E-state index in [0.717, 1.165) is 11.0 Å². The highest BCUT2D eigenvalue weighted by Gasteiger charge is 2.35. The monoisotopic (exact) mass is 412 g/mol. The summed E-state index contributed by atoms with van der Waals surface area (Å²) >= 11 is 0. The highest BCUT2D eigenvalue weighted by Crippen LogP contribution is 2.50. The first-order valence-electron chi connectivity index (χ1n) is 10.9. The van der Waals surface area contributed by atoms with Gasteiger partial charge in [-0.05, 0) is 63.4 Å². The standard InChI is InChI=1S/C28H20N4/c1-28(2)23-9-5-3-7-19(23)21-11-18-14-26-22(12-17(18)13-24(21)28)20-8-4-6-10-25(20)32(26)27-30-15-29-16-31-27/h3-16H,1-2H3. The molecule has 4 aromatic carbocycles. The summed E-state index contributed by atoms with van der Waals surface area (Å²) < 4.78 is 2.14. The van der Waals surface area contributed by atoms with Crippen LogP contribution >= 0.6 is 0 Å². The van der Waals surface area contributed by atoms with Crippen molar-refractivity contribution in [2.45, 2.75) is 19.3 Å². The lowest BCUT2D eigenvalue weighted by Gasteiger charge is -2.21. The van der Waals surface area contributed by atoms with E-state index in [2.05, 4.69) is 106 Å². The van der Waals surface area contributed by atoms with Crippen LogP contribution in [0.25, 0.3) is 49.7 Å². The van der Waals surface area contributed by atoms with Gasteiger partial charge in [0.25, 0.3) is 0 Å². The normalized spacial score (nSPS) is 14.2. The Labute approximate surface area is 185 Å². The Morgan fingerprint density at radius 3 is 2.28 bits per heavy atom. The van der Waals surface area contributed by atoms with E-state index in [1.54, 1.807) is 12.7 Å². The smallest absolute Gasteiger partial charge is 0.237 e. The first-order chi connectivity index (χ1) is 15.6. The Kier molecular flexibility index (Phi) is 3.31. The maximum atomic E-state index is 4.45. The Balaban J connectivity index is 1.61. The summed E-state index contributed by atoms with van der Waals surface area (Å²) in [7, 11) is 0. The molecule has 0 saturated carbocycles. The van der Waals surface area contributed by atoms with Crippen LogP contribution in [0.1, 0.15) is 25.0 Å². The fourth-order valence-electron chi connectivity index (χ4n) is 5.48. The minimum Gasteiger partial charge on any atom is -0.278 e. The zero-order valence-electron chi connectivity index (χ0n) is 17.9. The van der Waals surface area contributed by atoms with Crippen molar-refractivity contribution in [2.24, 2.45) is 0 Å². The van der Waals surface area contributed by atoms with Crippen LogP contribution in [0.4, 0.5) is 0 Å². The van der Waals surface area contributed by atoms with Gasteiger partial charge in [0.2, 0.25) is 5.95 Å². The van der Waals surface area contributed by atoms with E-state index in [1.165, 1.54) is 43.8 Å². The molecule has 0 amide bonds. The van der Waals surface area contributed by atoms with Gasteiger partial charge in [0, 0.05) is 16.2 Å². The molecule has 1 aliphatic rings. The summed E-state index contributed by atoms with van der Waals surface area (Å²) in [5, 5.41) is 4.90. The summed E-state index contributed by atoms with van der Waals surface area (Å²) in [5.41, 5.74) is 7.67. The van der Waals surface area contributed by atoms with E-state index < -0.39 is 0 Å². The molecule has 7 rings (SSSR count). The van der Waals surface area contributed by atoms with Gasteiger partial charge in [-0.25, -0.2) is 15.0 Å². The van der Waals surface area contributed by atoms with Crippen molar-refractivity contribution in [2.75, 3.05) is 0 Å². The third-order valence-corrected chi connectivity index (χ3v) is 7.01. The van der Waals surface area contributed by atoms with E-state index in [9.17, 15) is 0 Å². The topological polar surface area (TPSA) is 43.6 Å². The molecule has 0 atom stereocenters. The fraction of sp³-hybridized carbons (Fsp3) is 0.107. The molecule has 6 aromatic rings. The molecule has 0 aliphatic heterocycles. The second-order valence-electron chi connectivity index (χ2n) is 9.08. The third-order valence-electron chi connectivity index (χ3n) is 7.01. The van der Waals surface area contributed by atoms with E-state index in [-0.39, 0.29) is 5.41 Å². The molecular weight excluding hydrogens is 392 g/mol. The summed E-state index contributed by atoms with van der Waals surface area (Å²) in [4.78, 5) is 12.9. The fourth-order valence-corrected chi connectivity index (χ4v) is 5.48. The zero-order valence-corrected chi connectivity index (χ0v) is 17.9. The summed E-state index contributed by atoms with van der Waals surface area (Å²) in [6.07, 6.45) is 3.10. The van der Waals surface area contributed by atoms with Crippen LogP contribution in [0.2, 0.25) is 0 Å². The van der Waals surface area contributed by atoms with E-state index in [4.69, 9.17) is 0 Å². The van der Waals surface area contributed by atoms with Crippen LogP contribution in [0, 0.1) is 0 Å². The lowest BCUT2D eigenvalue weighted by Crippen LogP contribution is -2.14. The van der Waals surface area contributed by atoms with Gasteiger partial charge >= 0.3 is 0 Å². The molecule has 4 nitrogen and oxygen atoms in total. The van der Waals surface area contributed by atoms with Gasteiger partial charge in [0.15, 0.2) is 0 Å². The quantitative estimate of drug-likeness (QED) is 0.313.